The summed E-state index contributed by atoms with van der Waals surface area (Å²) in [4.78, 5) is 33.4. The van der Waals surface area contributed by atoms with Crippen molar-refractivity contribution >= 4 is 50.3 Å². The highest BCUT2D eigenvalue weighted by atomic mass is 79.9. The lowest BCUT2D eigenvalue weighted by Gasteiger charge is -2.20. The highest BCUT2D eigenvalue weighted by Gasteiger charge is 2.24. The highest BCUT2D eigenvalue weighted by Crippen LogP contribution is 2.27. The Balaban J connectivity index is 0.000000592. The van der Waals surface area contributed by atoms with Crippen LogP contribution in [0.2, 0.25) is 0 Å². The Labute approximate surface area is 253 Å². The van der Waals surface area contributed by atoms with Crippen molar-refractivity contribution in [2.24, 2.45) is 0 Å². The van der Waals surface area contributed by atoms with Crippen molar-refractivity contribution in [2.45, 2.75) is 93.0 Å². The predicted molar refractivity (Wildman–Crippen MR) is 160 cm³/mol. The van der Waals surface area contributed by atoms with Gasteiger partial charge in [0, 0.05) is 0 Å². The quantitative estimate of drug-likeness (QED) is 0.135. The second kappa shape index (κ2) is 15.9. The van der Waals surface area contributed by atoms with Crippen LogP contribution in [-0.2, 0) is 18.9 Å². The molecular weight excluding hydrogens is 652 g/mol. The first-order valence-corrected chi connectivity index (χ1v) is 13.8. The van der Waals surface area contributed by atoms with Crippen LogP contribution >= 0.6 is 31.9 Å². The maximum atomic E-state index is 11.4. The summed E-state index contributed by atoms with van der Waals surface area (Å²) in [6, 6.07) is 11.0. The molecule has 9 nitrogen and oxygen atoms in total. The molecule has 0 saturated carbocycles. The Morgan fingerprint density at radius 3 is 1.38 bits per heavy atom. The summed E-state index contributed by atoms with van der Waals surface area (Å²) in [5.74, 6) is 0.768. The van der Waals surface area contributed by atoms with Gasteiger partial charge in [-0.05, 0) is 143 Å². The number of carbonyl (C=O) groups excluding carboxylic acids is 3. The molecule has 0 amide bonds. The summed E-state index contributed by atoms with van der Waals surface area (Å²) in [5, 5.41) is 9.05. The number of hydrogen-bond acceptors (Lipinski definition) is 9. The van der Waals surface area contributed by atoms with E-state index in [4.69, 9.17) is 24.1 Å². The molecule has 0 aliphatic heterocycles. The van der Waals surface area contributed by atoms with Crippen molar-refractivity contribution in [3.8, 4) is 11.5 Å². The van der Waals surface area contributed by atoms with E-state index in [1.165, 1.54) is 0 Å². The van der Waals surface area contributed by atoms with Crippen molar-refractivity contribution in [3.63, 3.8) is 0 Å². The molecule has 0 spiro atoms. The summed E-state index contributed by atoms with van der Waals surface area (Å²) >= 11 is 6.49. The van der Waals surface area contributed by atoms with Gasteiger partial charge in [0.1, 0.15) is 28.3 Å². The standard InChI is InChI=1S/C12H15BrO3.C10H18O5.C7H7BrO/c1-8-5-6-9(13)10(7-8)15-11(14)16-12(2,3)4;1-9(2,3)14-7(11)13-8(12)15-10(4,5)6;1-5-2-3-6(8)7(9)4-5/h5-7H,1-4H3;1-6H3;2-4,9H,1H3. The van der Waals surface area contributed by atoms with Gasteiger partial charge in [-0.2, -0.15) is 0 Å². The second-order valence-corrected chi connectivity index (χ2v) is 13.2. The molecule has 0 heterocycles. The van der Waals surface area contributed by atoms with Crippen molar-refractivity contribution < 1.29 is 43.2 Å². The zero-order valence-electron chi connectivity index (χ0n) is 24.9. The minimum Gasteiger partial charge on any atom is -0.507 e. The number of hydrogen-bond donors (Lipinski definition) is 1. The Kier molecular flexibility index (Phi) is 14.7. The first-order chi connectivity index (χ1) is 18.0. The van der Waals surface area contributed by atoms with Crippen LogP contribution in [0.4, 0.5) is 14.4 Å². The smallest absolute Gasteiger partial charge is 0.507 e. The van der Waals surface area contributed by atoms with Gasteiger partial charge in [0.25, 0.3) is 0 Å². The van der Waals surface area contributed by atoms with Crippen LogP contribution in [0.25, 0.3) is 0 Å². The average molecular weight is 692 g/mol. The molecule has 2 aromatic carbocycles. The molecule has 2 rings (SSSR count). The summed E-state index contributed by atoms with van der Waals surface area (Å²) in [6.45, 7) is 19.3. The third-order valence-electron chi connectivity index (χ3n) is 3.72. The molecule has 0 fully saturated rings. The molecule has 0 aliphatic carbocycles. The monoisotopic (exact) mass is 690 g/mol. The normalized spacial score (nSPS) is 11.0. The van der Waals surface area contributed by atoms with Crippen LogP contribution in [0.1, 0.15) is 73.4 Å². The van der Waals surface area contributed by atoms with E-state index < -0.39 is 35.3 Å². The Morgan fingerprint density at radius 1 is 0.625 bits per heavy atom. The molecule has 11 heteroatoms. The van der Waals surface area contributed by atoms with Crippen LogP contribution < -0.4 is 4.74 Å². The van der Waals surface area contributed by atoms with Crippen molar-refractivity contribution in [2.75, 3.05) is 0 Å². The van der Waals surface area contributed by atoms with E-state index in [1.807, 2.05) is 38.1 Å². The van der Waals surface area contributed by atoms with Gasteiger partial charge in [-0.3, -0.25) is 0 Å². The van der Waals surface area contributed by atoms with Gasteiger partial charge in [0.2, 0.25) is 0 Å². The SMILES string of the molecule is CC(C)(C)OC(=O)OC(=O)OC(C)(C)C.Cc1ccc(Br)c(O)c1.Cc1ccc(Br)c(OC(=O)OC(C)(C)C)c1. The molecule has 2 aromatic rings. The Morgan fingerprint density at radius 2 is 1.00 bits per heavy atom. The third-order valence-corrected chi connectivity index (χ3v) is 5.04. The van der Waals surface area contributed by atoms with Gasteiger partial charge in [0.15, 0.2) is 0 Å². The largest absolute Gasteiger partial charge is 0.519 e. The van der Waals surface area contributed by atoms with Gasteiger partial charge in [-0.25, -0.2) is 14.4 Å². The van der Waals surface area contributed by atoms with E-state index in [1.54, 1.807) is 74.4 Å². The van der Waals surface area contributed by atoms with E-state index in [9.17, 15) is 14.4 Å². The van der Waals surface area contributed by atoms with Crippen LogP contribution in [0.15, 0.2) is 45.3 Å². The molecule has 0 aromatic heterocycles. The number of benzene rings is 2. The summed E-state index contributed by atoms with van der Waals surface area (Å²) in [6.07, 6.45) is -2.81. The lowest BCUT2D eigenvalue weighted by Crippen LogP contribution is -2.29. The highest BCUT2D eigenvalue weighted by molar-refractivity contribution is 9.10. The maximum Gasteiger partial charge on any atom is 0.519 e. The molecule has 0 unspecified atom stereocenters. The van der Waals surface area contributed by atoms with Crippen molar-refractivity contribution in [1.82, 2.24) is 0 Å². The van der Waals surface area contributed by atoms with E-state index >= 15 is 0 Å². The summed E-state index contributed by atoms with van der Waals surface area (Å²) < 4.78 is 25.4. The van der Waals surface area contributed by atoms with E-state index in [-0.39, 0.29) is 0 Å². The number of ether oxygens (including phenoxy) is 5. The molecular formula is C29H40Br2O9. The van der Waals surface area contributed by atoms with Crippen molar-refractivity contribution in [3.05, 3.63) is 56.5 Å². The molecule has 0 bridgehead atoms. The third kappa shape index (κ3) is 19.3. The zero-order chi connectivity index (χ0) is 31.5. The Hall–Kier alpha value is -2.79. The first kappa shape index (κ1) is 37.2. The molecule has 224 valence electrons. The number of aryl methyl sites for hydroxylation is 2. The van der Waals surface area contributed by atoms with Gasteiger partial charge in [-0.15, -0.1) is 0 Å². The number of carbonyl (C=O) groups is 3. The molecule has 0 radical (unpaired) electrons. The lowest BCUT2D eigenvalue weighted by atomic mass is 10.2. The topological polar surface area (TPSA) is 118 Å². The van der Waals surface area contributed by atoms with E-state index in [0.717, 1.165) is 20.1 Å². The zero-order valence-corrected chi connectivity index (χ0v) is 28.1. The number of aromatic hydroxyl groups is 1. The van der Waals surface area contributed by atoms with Gasteiger partial charge in [0.05, 0.1) is 8.95 Å². The molecule has 0 atom stereocenters. The van der Waals surface area contributed by atoms with Gasteiger partial charge < -0.3 is 28.8 Å². The predicted octanol–water partition coefficient (Wildman–Crippen LogP) is 9.41. The van der Waals surface area contributed by atoms with E-state index in [0.29, 0.717) is 11.5 Å². The number of phenols is 1. The number of rotatable bonds is 1. The fraction of sp³-hybridized carbons (Fsp3) is 0.483. The average Bonchev–Trinajstić information content (AvgIpc) is 2.70. The minimum absolute atomic E-state index is 0.301. The second-order valence-electron chi connectivity index (χ2n) is 11.5. The fourth-order valence-electron chi connectivity index (χ4n) is 2.28. The maximum absolute atomic E-state index is 11.4. The molecule has 0 aliphatic rings. The molecule has 1 N–H and O–H groups in total. The van der Waals surface area contributed by atoms with E-state index in [2.05, 4.69) is 36.6 Å². The number of halogens is 2. The molecule has 0 saturated heterocycles. The van der Waals surface area contributed by atoms with Crippen LogP contribution in [0.3, 0.4) is 0 Å². The van der Waals surface area contributed by atoms with Crippen LogP contribution in [-0.4, -0.2) is 40.4 Å². The van der Waals surface area contributed by atoms with Crippen LogP contribution in [0, 0.1) is 13.8 Å². The Bertz CT molecular complexity index is 1120. The van der Waals surface area contributed by atoms with Crippen LogP contribution in [0.5, 0.6) is 11.5 Å². The van der Waals surface area contributed by atoms with Gasteiger partial charge in [-0.1, -0.05) is 12.1 Å². The first-order valence-electron chi connectivity index (χ1n) is 12.2. The summed E-state index contributed by atoms with van der Waals surface area (Å²) in [7, 11) is 0. The fourth-order valence-corrected chi connectivity index (χ4v) is 2.86. The molecule has 40 heavy (non-hydrogen) atoms. The summed E-state index contributed by atoms with van der Waals surface area (Å²) in [5.41, 5.74) is 0.142. The lowest BCUT2D eigenvalue weighted by molar-refractivity contribution is -0.0294. The minimum atomic E-state index is -1.06. The number of phenolic OH excluding ortho intramolecular Hbond substituents is 1. The van der Waals surface area contributed by atoms with Crippen molar-refractivity contribution in [1.29, 1.82) is 0 Å². The van der Waals surface area contributed by atoms with Gasteiger partial charge >= 0.3 is 18.5 Å².